The Morgan fingerprint density at radius 2 is 2.12 bits per heavy atom. The topological polar surface area (TPSA) is 42.7 Å². The van der Waals surface area contributed by atoms with Crippen molar-refractivity contribution >= 4 is 5.82 Å². The van der Waals surface area contributed by atoms with Crippen LogP contribution in [0, 0.1) is 13.8 Å². The summed E-state index contributed by atoms with van der Waals surface area (Å²) >= 11 is 0. The molecule has 90 valence electrons. The number of anilines is 1. The number of pyridine rings is 1. The maximum absolute atomic E-state index is 4.44. The van der Waals surface area contributed by atoms with E-state index in [9.17, 15) is 0 Å². The van der Waals surface area contributed by atoms with Crippen molar-refractivity contribution < 1.29 is 0 Å². The fraction of sp³-hybridized carbons (Fsp3) is 0.385. The minimum atomic E-state index is 0.777. The molecule has 0 bridgehead atoms. The summed E-state index contributed by atoms with van der Waals surface area (Å²) in [6, 6.07) is 6.17. The van der Waals surface area contributed by atoms with E-state index >= 15 is 0 Å². The molecule has 2 aromatic rings. The van der Waals surface area contributed by atoms with E-state index in [0.717, 1.165) is 30.2 Å². The van der Waals surface area contributed by atoms with Gasteiger partial charge in [-0.25, -0.2) is 4.98 Å². The molecular formula is C13H18N4. The minimum Gasteiger partial charge on any atom is -0.370 e. The van der Waals surface area contributed by atoms with Crippen LogP contribution in [0.4, 0.5) is 5.82 Å². The molecule has 0 spiro atoms. The van der Waals surface area contributed by atoms with E-state index in [-0.39, 0.29) is 0 Å². The molecule has 0 saturated carbocycles. The van der Waals surface area contributed by atoms with Crippen LogP contribution in [-0.4, -0.2) is 21.3 Å². The Labute approximate surface area is 102 Å². The molecule has 0 unspecified atom stereocenters. The second-order valence-electron chi connectivity index (χ2n) is 4.17. The fourth-order valence-corrected chi connectivity index (χ4v) is 1.81. The Kier molecular flexibility index (Phi) is 3.42. The molecule has 4 nitrogen and oxygen atoms in total. The lowest BCUT2D eigenvalue weighted by molar-refractivity contribution is 0.657. The van der Waals surface area contributed by atoms with Gasteiger partial charge in [0.2, 0.25) is 0 Å². The second-order valence-corrected chi connectivity index (χ2v) is 4.17. The highest BCUT2D eigenvalue weighted by molar-refractivity contribution is 5.35. The molecule has 0 aliphatic rings. The van der Waals surface area contributed by atoms with Crippen molar-refractivity contribution in [2.24, 2.45) is 0 Å². The highest BCUT2D eigenvalue weighted by Gasteiger charge is 2.02. The van der Waals surface area contributed by atoms with E-state index in [4.69, 9.17) is 0 Å². The van der Waals surface area contributed by atoms with Gasteiger partial charge < -0.3 is 5.32 Å². The van der Waals surface area contributed by atoms with E-state index < -0.39 is 0 Å². The lowest BCUT2D eigenvalue weighted by Gasteiger charge is -2.06. The number of hydrogen-bond acceptors (Lipinski definition) is 3. The van der Waals surface area contributed by atoms with E-state index in [1.54, 1.807) is 0 Å². The smallest absolute Gasteiger partial charge is 0.125 e. The van der Waals surface area contributed by atoms with Crippen LogP contribution in [0.5, 0.6) is 0 Å². The molecule has 0 aliphatic carbocycles. The van der Waals surface area contributed by atoms with Crippen LogP contribution < -0.4 is 5.32 Å². The normalized spacial score (nSPS) is 10.5. The number of nitrogens with one attached hydrogen (secondary N) is 1. The quantitative estimate of drug-likeness (QED) is 0.877. The first-order chi connectivity index (χ1) is 8.19. The lowest BCUT2D eigenvalue weighted by atomic mass is 10.3. The monoisotopic (exact) mass is 230 g/mol. The van der Waals surface area contributed by atoms with Crippen molar-refractivity contribution in [1.29, 1.82) is 0 Å². The molecular weight excluding hydrogens is 212 g/mol. The van der Waals surface area contributed by atoms with Crippen molar-refractivity contribution in [1.82, 2.24) is 14.8 Å². The molecule has 0 radical (unpaired) electrons. The molecule has 4 heteroatoms. The molecule has 2 rings (SSSR count). The zero-order valence-electron chi connectivity index (χ0n) is 10.6. The van der Waals surface area contributed by atoms with Crippen molar-refractivity contribution in [3.8, 4) is 0 Å². The fourth-order valence-electron chi connectivity index (χ4n) is 1.81. The van der Waals surface area contributed by atoms with E-state index in [1.165, 1.54) is 5.69 Å². The van der Waals surface area contributed by atoms with E-state index in [1.807, 2.05) is 23.9 Å². The van der Waals surface area contributed by atoms with Gasteiger partial charge in [-0.3, -0.25) is 4.68 Å². The Morgan fingerprint density at radius 3 is 2.65 bits per heavy atom. The summed E-state index contributed by atoms with van der Waals surface area (Å²) in [4.78, 5) is 4.35. The van der Waals surface area contributed by atoms with Crippen molar-refractivity contribution in [3.63, 3.8) is 0 Å². The molecule has 1 N–H and O–H groups in total. The molecule has 0 fully saturated rings. The van der Waals surface area contributed by atoms with Gasteiger partial charge >= 0.3 is 0 Å². The molecule has 0 aromatic carbocycles. The summed E-state index contributed by atoms with van der Waals surface area (Å²) in [6.45, 7) is 7.81. The van der Waals surface area contributed by atoms with Gasteiger partial charge in [0, 0.05) is 18.4 Å². The minimum absolute atomic E-state index is 0.777. The number of aryl methyl sites for hydroxylation is 2. The highest BCUT2D eigenvalue weighted by atomic mass is 15.3. The van der Waals surface area contributed by atoms with Crippen LogP contribution in [0.1, 0.15) is 23.9 Å². The first-order valence-corrected chi connectivity index (χ1v) is 5.89. The van der Waals surface area contributed by atoms with Crippen molar-refractivity contribution in [3.05, 3.63) is 41.3 Å². The van der Waals surface area contributed by atoms with Crippen molar-refractivity contribution in [2.75, 3.05) is 11.9 Å². The van der Waals surface area contributed by atoms with Crippen LogP contribution in [0.2, 0.25) is 0 Å². The van der Waals surface area contributed by atoms with Crippen molar-refractivity contribution in [2.45, 2.75) is 27.3 Å². The predicted molar refractivity (Wildman–Crippen MR) is 69.2 cm³/mol. The maximum Gasteiger partial charge on any atom is 0.125 e. The summed E-state index contributed by atoms with van der Waals surface area (Å²) in [6.07, 6.45) is 1.90. The van der Waals surface area contributed by atoms with Crippen LogP contribution in [-0.2, 0) is 6.54 Å². The standard InChI is InChI=1S/C13H18N4/c1-4-14-13-6-5-12(8-15-13)9-17-11(3)7-10(2)16-17/h5-8H,4,9H2,1-3H3,(H,14,15). The molecule has 0 aliphatic heterocycles. The maximum atomic E-state index is 4.44. The largest absolute Gasteiger partial charge is 0.370 e. The average molecular weight is 230 g/mol. The Hall–Kier alpha value is -1.84. The van der Waals surface area contributed by atoms with Crippen LogP contribution in [0.25, 0.3) is 0 Å². The van der Waals surface area contributed by atoms with E-state index in [0.29, 0.717) is 0 Å². The summed E-state index contributed by atoms with van der Waals surface area (Å²) in [5.41, 5.74) is 3.40. The van der Waals surface area contributed by atoms with Gasteiger partial charge in [0.15, 0.2) is 0 Å². The zero-order chi connectivity index (χ0) is 12.3. The predicted octanol–water partition coefficient (Wildman–Crippen LogP) is 2.38. The Bertz CT molecular complexity index is 485. The van der Waals surface area contributed by atoms with Gasteiger partial charge in [0.05, 0.1) is 12.2 Å². The third kappa shape index (κ3) is 2.84. The molecule has 0 saturated heterocycles. The Balaban J connectivity index is 2.11. The van der Waals surface area contributed by atoms with E-state index in [2.05, 4.69) is 41.4 Å². The van der Waals surface area contributed by atoms with Crippen LogP contribution in [0.15, 0.2) is 24.4 Å². The average Bonchev–Trinajstić information content (AvgIpc) is 2.61. The molecule has 0 amide bonds. The van der Waals surface area contributed by atoms with Crippen LogP contribution in [0.3, 0.4) is 0 Å². The van der Waals surface area contributed by atoms with Gasteiger partial charge in [-0.05, 0) is 38.5 Å². The number of nitrogens with zero attached hydrogens (tertiary/aromatic N) is 3. The third-order valence-electron chi connectivity index (χ3n) is 2.62. The molecule has 17 heavy (non-hydrogen) atoms. The van der Waals surface area contributed by atoms with Gasteiger partial charge in [0.25, 0.3) is 0 Å². The lowest BCUT2D eigenvalue weighted by Crippen LogP contribution is -2.05. The molecule has 2 heterocycles. The summed E-state index contributed by atoms with van der Waals surface area (Å²) in [5, 5.41) is 7.62. The van der Waals surface area contributed by atoms with Gasteiger partial charge in [-0.2, -0.15) is 5.10 Å². The summed E-state index contributed by atoms with van der Waals surface area (Å²) in [7, 11) is 0. The number of hydrogen-bond donors (Lipinski definition) is 1. The summed E-state index contributed by atoms with van der Waals surface area (Å²) < 4.78 is 2.00. The van der Waals surface area contributed by atoms with Crippen LogP contribution >= 0.6 is 0 Å². The third-order valence-corrected chi connectivity index (χ3v) is 2.62. The summed E-state index contributed by atoms with van der Waals surface area (Å²) in [5.74, 6) is 0.921. The highest BCUT2D eigenvalue weighted by Crippen LogP contribution is 2.09. The first-order valence-electron chi connectivity index (χ1n) is 5.89. The second kappa shape index (κ2) is 4.99. The SMILES string of the molecule is CCNc1ccc(Cn2nc(C)cc2C)cn1. The number of aromatic nitrogens is 3. The van der Waals surface area contributed by atoms with Gasteiger partial charge in [-0.1, -0.05) is 6.07 Å². The zero-order valence-corrected chi connectivity index (χ0v) is 10.6. The first kappa shape index (κ1) is 11.6. The molecule has 0 atom stereocenters. The Morgan fingerprint density at radius 1 is 1.29 bits per heavy atom. The molecule has 2 aromatic heterocycles. The van der Waals surface area contributed by atoms with Gasteiger partial charge in [-0.15, -0.1) is 0 Å². The number of rotatable bonds is 4. The van der Waals surface area contributed by atoms with Gasteiger partial charge in [0.1, 0.15) is 5.82 Å².